The van der Waals surface area contributed by atoms with E-state index in [1.54, 1.807) is 62.4 Å². The molecule has 11 nitrogen and oxygen atoms in total. The Labute approximate surface area is 236 Å². The molecule has 0 heterocycles. The Morgan fingerprint density at radius 2 is 1.54 bits per heavy atom. The van der Waals surface area contributed by atoms with E-state index in [4.69, 9.17) is 4.74 Å². The van der Waals surface area contributed by atoms with Gasteiger partial charge in [-0.15, -0.1) is 0 Å². The van der Waals surface area contributed by atoms with Crippen LogP contribution in [0, 0.1) is 35.8 Å². The molecule has 4 N–H and O–H groups in total. The molecule has 0 aromatic heterocycles. The van der Waals surface area contributed by atoms with Crippen molar-refractivity contribution in [3.05, 3.63) is 87.5 Å². The largest absolute Gasteiger partial charge is 0.500 e. The summed E-state index contributed by atoms with van der Waals surface area (Å²) in [4.78, 5) is 52.2. The average molecular weight is 562 g/mol. The lowest BCUT2D eigenvalue weighted by atomic mass is 9.61. The number of ether oxygens (including phenoxy) is 1. The highest BCUT2D eigenvalue weighted by atomic mass is 16.6. The molecular weight excluding hydrogens is 530 g/mol. The number of rotatable bonds is 7. The Morgan fingerprint density at radius 3 is 2.05 bits per heavy atom. The van der Waals surface area contributed by atoms with Gasteiger partial charge in [0.1, 0.15) is 11.7 Å². The summed E-state index contributed by atoms with van der Waals surface area (Å²) < 4.78 is 5.16. The Bertz CT molecular complexity index is 1530. The normalized spacial score (nSPS) is 22.1. The molecule has 4 unspecified atom stereocenters. The maximum Gasteiger partial charge on any atom is 0.314 e. The lowest BCUT2D eigenvalue weighted by Gasteiger charge is -2.44. The summed E-state index contributed by atoms with van der Waals surface area (Å²) in [5, 5.41) is 39.3. The van der Waals surface area contributed by atoms with E-state index in [9.17, 15) is 34.7 Å². The molecule has 41 heavy (non-hydrogen) atoms. The molecule has 4 atom stereocenters. The van der Waals surface area contributed by atoms with Crippen molar-refractivity contribution in [1.29, 1.82) is 0 Å². The van der Waals surface area contributed by atoms with Gasteiger partial charge in [0.15, 0.2) is 5.75 Å². The van der Waals surface area contributed by atoms with Crippen LogP contribution in [0.5, 0.6) is 11.5 Å². The third-order valence-corrected chi connectivity index (χ3v) is 7.52. The lowest BCUT2D eigenvalue weighted by Crippen LogP contribution is -2.56. The Hall–Kier alpha value is -4.77. The van der Waals surface area contributed by atoms with E-state index in [2.05, 4.69) is 10.6 Å². The van der Waals surface area contributed by atoms with Crippen LogP contribution in [0.1, 0.15) is 36.0 Å². The molecule has 0 radical (unpaired) electrons. The van der Waals surface area contributed by atoms with Crippen LogP contribution in [0.25, 0.3) is 0 Å². The number of anilines is 2. The monoisotopic (exact) mass is 561 g/mol. The van der Waals surface area contributed by atoms with Gasteiger partial charge >= 0.3 is 5.69 Å². The summed E-state index contributed by atoms with van der Waals surface area (Å²) in [6.45, 7) is 4.87. The van der Waals surface area contributed by atoms with Gasteiger partial charge in [-0.3, -0.25) is 24.5 Å². The Balaban J connectivity index is 1.91. The number of ketones is 1. The van der Waals surface area contributed by atoms with E-state index in [0.29, 0.717) is 11.4 Å². The fraction of sp³-hybridized carbons (Fsp3) is 0.300. The summed E-state index contributed by atoms with van der Waals surface area (Å²) in [6.07, 6.45) is -0.515. The summed E-state index contributed by atoms with van der Waals surface area (Å²) in [5.41, 5.74) is -0.324. The van der Waals surface area contributed by atoms with E-state index in [-0.39, 0.29) is 11.3 Å². The second-order valence-electron chi connectivity index (χ2n) is 10.4. The average Bonchev–Trinajstić information content (AvgIpc) is 2.90. The highest BCUT2D eigenvalue weighted by molar-refractivity contribution is 6.10. The number of hydrogen-bond donors (Lipinski definition) is 4. The fourth-order valence-electron chi connectivity index (χ4n) is 5.44. The van der Waals surface area contributed by atoms with Crippen LogP contribution in [-0.4, -0.2) is 45.4 Å². The van der Waals surface area contributed by atoms with Crippen LogP contribution in [0.15, 0.2) is 60.7 Å². The SMILES string of the molecule is COc1cc(C2C(C(=O)Nc3ccccc3C)C(=O)CC(C)(O)C2C(=O)Nc2ccccc2C)cc([N+](=O)[O-])c1O. The number of nitrogens with zero attached hydrogens (tertiary/aromatic N) is 1. The minimum Gasteiger partial charge on any atom is -0.500 e. The molecular formula is C30H31N3O8. The molecule has 1 fully saturated rings. The van der Waals surface area contributed by atoms with Crippen molar-refractivity contribution in [2.75, 3.05) is 17.7 Å². The number of amides is 2. The third kappa shape index (κ3) is 5.75. The summed E-state index contributed by atoms with van der Waals surface area (Å²) >= 11 is 0. The number of nitro groups is 1. The number of phenols is 1. The maximum atomic E-state index is 13.9. The molecule has 0 bridgehead atoms. The number of hydrogen-bond acceptors (Lipinski definition) is 8. The van der Waals surface area contributed by atoms with Gasteiger partial charge in [0.2, 0.25) is 17.6 Å². The lowest BCUT2D eigenvalue weighted by molar-refractivity contribution is -0.386. The quantitative estimate of drug-likeness (QED) is 0.189. The van der Waals surface area contributed by atoms with Crippen LogP contribution >= 0.6 is 0 Å². The zero-order valence-electron chi connectivity index (χ0n) is 23.0. The maximum absolute atomic E-state index is 13.9. The van der Waals surface area contributed by atoms with Crippen molar-refractivity contribution in [1.82, 2.24) is 0 Å². The number of aromatic hydroxyl groups is 1. The highest BCUT2D eigenvalue weighted by Crippen LogP contribution is 2.49. The van der Waals surface area contributed by atoms with E-state index in [0.717, 1.165) is 17.2 Å². The van der Waals surface area contributed by atoms with Crippen molar-refractivity contribution >= 4 is 34.7 Å². The number of phenolic OH excluding ortho intramolecular Hbond substituents is 1. The minimum atomic E-state index is -1.94. The first-order chi connectivity index (χ1) is 19.4. The number of benzene rings is 3. The Kier molecular flexibility index (Phi) is 8.11. The highest BCUT2D eigenvalue weighted by Gasteiger charge is 2.56. The van der Waals surface area contributed by atoms with Crippen molar-refractivity contribution in [2.45, 2.75) is 38.7 Å². The molecule has 1 aliphatic carbocycles. The van der Waals surface area contributed by atoms with Crippen molar-refractivity contribution in [3.8, 4) is 11.5 Å². The second-order valence-corrected chi connectivity index (χ2v) is 10.4. The molecule has 0 spiro atoms. The Morgan fingerprint density at radius 1 is 1.00 bits per heavy atom. The van der Waals surface area contributed by atoms with E-state index in [1.165, 1.54) is 20.1 Å². The van der Waals surface area contributed by atoms with Crippen molar-refractivity contribution in [3.63, 3.8) is 0 Å². The molecule has 1 saturated carbocycles. The summed E-state index contributed by atoms with van der Waals surface area (Å²) in [7, 11) is 1.19. The van der Waals surface area contributed by atoms with Crippen molar-refractivity contribution < 1.29 is 34.3 Å². The van der Waals surface area contributed by atoms with E-state index in [1.807, 2.05) is 0 Å². The predicted octanol–water partition coefficient (Wildman–Crippen LogP) is 4.24. The molecule has 0 saturated heterocycles. The van der Waals surface area contributed by atoms with Crippen LogP contribution in [0.2, 0.25) is 0 Å². The minimum absolute atomic E-state index is 0.00505. The molecule has 3 aromatic rings. The van der Waals surface area contributed by atoms with Gasteiger partial charge in [0.25, 0.3) is 0 Å². The number of aliphatic hydroxyl groups is 1. The van der Waals surface area contributed by atoms with Crippen LogP contribution in [0.3, 0.4) is 0 Å². The van der Waals surface area contributed by atoms with Gasteiger partial charge in [-0.2, -0.15) is 0 Å². The number of nitro benzene ring substituents is 1. The topological polar surface area (TPSA) is 168 Å². The smallest absolute Gasteiger partial charge is 0.314 e. The van der Waals surface area contributed by atoms with Crippen molar-refractivity contribution in [2.24, 2.45) is 11.8 Å². The molecule has 4 rings (SSSR count). The van der Waals surface area contributed by atoms with Crippen LogP contribution in [0.4, 0.5) is 17.1 Å². The number of aryl methyl sites for hydroxylation is 2. The van der Waals surface area contributed by atoms with Gasteiger partial charge in [0.05, 0.1) is 23.6 Å². The molecule has 1 aliphatic rings. The van der Waals surface area contributed by atoms with Crippen LogP contribution in [-0.2, 0) is 14.4 Å². The number of methoxy groups -OCH3 is 1. The van der Waals surface area contributed by atoms with E-state index < -0.39 is 63.7 Å². The molecule has 0 aliphatic heterocycles. The number of carbonyl (C=O) groups excluding carboxylic acids is 3. The van der Waals surface area contributed by atoms with E-state index >= 15 is 0 Å². The molecule has 3 aromatic carbocycles. The first kappa shape index (κ1) is 29.2. The summed E-state index contributed by atoms with van der Waals surface area (Å²) in [6, 6.07) is 16.1. The van der Waals surface area contributed by atoms with Gasteiger partial charge in [-0.05, 0) is 55.7 Å². The van der Waals surface area contributed by atoms with Gasteiger partial charge < -0.3 is 25.6 Å². The second kappa shape index (κ2) is 11.4. The standard InChI is InChI=1S/C30H31N3O8/c1-16-9-5-7-11-19(16)31-28(36)25-22(34)15-30(3,38)26(29(37)32-20-12-8-6-10-17(20)2)24(25)18-13-21(33(39)40)27(35)23(14-18)41-4/h5-14,24-26,35,38H,15H2,1-4H3,(H,31,36)(H,32,37). The fourth-order valence-corrected chi connectivity index (χ4v) is 5.44. The molecule has 11 heteroatoms. The first-order valence-electron chi connectivity index (χ1n) is 12.9. The zero-order chi connectivity index (χ0) is 30.1. The number of para-hydroxylation sites is 2. The number of Topliss-reactive ketones (excluding diaryl/α,β-unsaturated/α-hetero) is 1. The first-order valence-corrected chi connectivity index (χ1v) is 12.9. The third-order valence-electron chi connectivity index (χ3n) is 7.52. The zero-order valence-corrected chi connectivity index (χ0v) is 23.0. The summed E-state index contributed by atoms with van der Waals surface area (Å²) in [5.74, 6) is -7.43. The van der Waals surface area contributed by atoms with Crippen LogP contribution < -0.4 is 15.4 Å². The van der Waals surface area contributed by atoms with Gasteiger partial charge in [-0.1, -0.05) is 36.4 Å². The van der Waals surface area contributed by atoms with Gasteiger partial charge in [-0.25, -0.2) is 0 Å². The molecule has 214 valence electrons. The predicted molar refractivity (Wildman–Crippen MR) is 151 cm³/mol. The molecule has 2 amide bonds. The number of nitrogens with one attached hydrogen (secondary N) is 2. The van der Waals surface area contributed by atoms with Gasteiger partial charge in [0, 0.05) is 29.8 Å². The number of carbonyl (C=O) groups is 3.